The van der Waals surface area contributed by atoms with Crippen LogP contribution in [0.1, 0.15) is 17.3 Å². The Labute approximate surface area is 89.7 Å². The zero-order valence-corrected chi connectivity index (χ0v) is 9.26. The van der Waals surface area contributed by atoms with Crippen LogP contribution in [0.4, 0.5) is 0 Å². The van der Waals surface area contributed by atoms with Gasteiger partial charge in [0, 0.05) is 10.0 Å². The number of Topliss-reactive ketones (excluding diaryl/α,β-unsaturated/α-hetero) is 1. The van der Waals surface area contributed by atoms with Crippen molar-refractivity contribution in [2.75, 3.05) is 0 Å². The summed E-state index contributed by atoms with van der Waals surface area (Å²) in [5, 5.41) is 9.58. The largest absolute Gasteiger partial charge is 0.385 e. The smallest absolute Gasteiger partial charge is 0.191 e. The van der Waals surface area contributed by atoms with Crippen LogP contribution in [0, 0.1) is 0 Å². The number of aliphatic hydroxyl groups is 1. The summed E-state index contributed by atoms with van der Waals surface area (Å²) < 4.78 is 0.653. The van der Waals surface area contributed by atoms with Gasteiger partial charge in [-0.1, -0.05) is 11.6 Å². The van der Waals surface area contributed by atoms with Crippen LogP contribution >= 0.6 is 27.5 Å². The van der Waals surface area contributed by atoms with E-state index in [1.54, 1.807) is 18.2 Å². The van der Waals surface area contributed by atoms with Gasteiger partial charge >= 0.3 is 0 Å². The highest BCUT2D eigenvalue weighted by molar-refractivity contribution is 9.10. The Morgan fingerprint density at radius 1 is 1.62 bits per heavy atom. The van der Waals surface area contributed by atoms with Gasteiger partial charge in [-0.05, 0) is 41.1 Å². The van der Waals surface area contributed by atoms with Gasteiger partial charge in [0.2, 0.25) is 0 Å². The van der Waals surface area contributed by atoms with E-state index in [-0.39, 0.29) is 5.78 Å². The van der Waals surface area contributed by atoms with Crippen LogP contribution in [0.2, 0.25) is 5.02 Å². The molecule has 1 N–H and O–H groups in total. The minimum absolute atomic E-state index is 0.308. The van der Waals surface area contributed by atoms with E-state index in [1.165, 1.54) is 6.92 Å². The van der Waals surface area contributed by atoms with Gasteiger partial charge in [-0.15, -0.1) is 0 Å². The van der Waals surface area contributed by atoms with Crippen molar-refractivity contribution in [3.63, 3.8) is 0 Å². The molecule has 0 amide bonds. The predicted molar refractivity (Wildman–Crippen MR) is 55.2 cm³/mol. The van der Waals surface area contributed by atoms with E-state index >= 15 is 0 Å². The monoisotopic (exact) mass is 262 g/mol. The number of rotatable bonds is 2. The maximum atomic E-state index is 11.3. The second-order valence-electron chi connectivity index (χ2n) is 2.67. The van der Waals surface area contributed by atoms with Crippen LogP contribution in [-0.4, -0.2) is 17.0 Å². The van der Waals surface area contributed by atoms with Gasteiger partial charge in [0.1, 0.15) is 6.10 Å². The predicted octanol–water partition coefficient (Wildman–Crippen LogP) is 2.67. The van der Waals surface area contributed by atoms with Crippen molar-refractivity contribution in [2.24, 2.45) is 0 Å². The normalized spacial score (nSPS) is 12.6. The van der Waals surface area contributed by atoms with Crippen LogP contribution in [0.15, 0.2) is 22.7 Å². The fourth-order valence-electron chi connectivity index (χ4n) is 0.891. The number of carbonyl (C=O) groups excluding carboxylic acids is 1. The Hall–Kier alpha value is -0.380. The zero-order valence-electron chi connectivity index (χ0n) is 6.92. The number of carbonyl (C=O) groups is 1. The summed E-state index contributed by atoms with van der Waals surface area (Å²) in [6.45, 7) is 1.44. The third kappa shape index (κ3) is 2.53. The van der Waals surface area contributed by atoms with Crippen molar-refractivity contribution in [3.05, 3.63) is 33.3 Å². The molecule has 0 aliphatic rings. The molecule has 0 saturated heterocycles. The molecule has 0 aliphatic heterocycles. The highest BCUT2D eigenvalue weighted by Crippen LogP contribution is 2.23. The van der Waals surface area contributed by atoms with Crippen LogP contribution in [0.3, 0.4) is 0 Å². The molecule has 1 rings (SSSR count). The summed E-state index contributed by atoms with van der Waals surface area (Å²) in [4.78, 5) is 11.3. The van der Waals surface area contributed by atoms with Gasteiger partial charge in [0.05, 0.1) is 5.02 Å². The lowest BCUT2D eigenvalue weighted by Crippen LogP contribution is -2.15. The van der Waals surface area contributed by atoms with Crippen LogP contribution in [0.25, 0.3) is 0 Å². The quantitative estimate of drug-likeness (QED) is 0.833. The summed E-state index contributed by atoms with van der Waals surface area (Å²) in [5.74, 6) is -0.308. The molecule has 70 valence electrons. The summed E-state index contributed by atoms with van der Waals surface area (Å²) in [6, 6.07) is 4.79. The van der Waals surface area contributed by atoms with Crippen LogP contribution < -0.4 is 0 Å². The lowest BCUT2D eigenvalue weighted by atomic mass is 10.1. The molecule has 0 fully saturated rings. The molecule has 0 saturated carbocycles. The molecular weight excluding hydrogens is 255 g/mol. The van der Waals surface area contributed by atoms with Crippen molar-refractivity contribution < 1.29 is 9.90 Å². The summed E-state index contributed by atoms with van der Waals surface area (Å²) >= 11 is 8.94. The van der Waals surface area contributed by atoms with E-state index in [9.17, 15) is 4.79 Å². The van der Waals surface area contributed by atoms with Gasteiger partial charge in [-0.2, -0.15) is 0 Å². The van der Waals surface area contributed by atoms with E-state index in [0.717, 1.165) is 0 Å². The van der Waals surface area contributed by atoms with E-state index in [0.29, 0.717) is 15.1 Å². The number of hydrogen-bond acceptors (Lipinski definition) is 2. The van der Waals surface area contributed by atoms with Crippen LogP contribution in [-0.2, 0) is 0 Å². The fraction of sp³-hybridized carbons (Fsp3) is 0.222. The average molecular weight is 264 g/mol. The fourth-order valence-corrected chi connectivity index (χ4v) is 1.39. The Bertz CT molecular complexity index is 336. The molecule has 1 atom stereocenters. The molecule has 0 aliphatic carbocycles. The van der Waals surface area contributed by atoms with Crippen LogP contribution in [0.5, 0.6) is 0 Å². The van der Waals surface area contributed by atoms with Gasteiger partial charge < -0.3 is 5.11 Å². The van der Waals surface area contributed by atoms with Crippen molar-refractivity contribution in [3.8, 4) is 0 Å². The van der Waals surface area contributed by atoms with E-state index in [4.69, 9.17) is 16.7 Å². The molecule has 0 spiro atoms. The average Bonchev–Trinajstić information content (AvgIpc) is 2.08. The van der Waals surface area contributed by atoms with Gasteiger partial charge in [-0.25, -0.2) is 0 Å². The summed E-state index contributed by atoms with van der Waals surface area (Å²) in [6.07, 6.45) is -0.979. The highest BCUT2D eigenvalue weighted by Gasteiger charge is 2.12. The number of ketones is 1. The summed E-state index contributed by atoms with van der Waals surface area (Å²) in [5.41, 5.74) is 0.450. The zero-order chi connectivity index (χ0) is 10.0. The second-order valence-corrected chi connectivity index (χ2v) is 3.93. The second kappa shape index (κ2) is 4.22. The van der Waals surface area contributed by atoms with E-state index in [1.807, 2.05) is 0 Å². The third-order valence-corrected chi connectivity index (χ3v) is 2.80. The minimum Gasteiger partial charge on any atom is -0.385 e. The van der Waals surface area contributed by atoms with Gasteiger partial charge in [0.25, 0.3) is 0 Å². The molecule has 0 aromatic heterocycles. The van der Waals surface area contributed by atoms with Crippen molar-refractivity contribution in [2.45, 2.75) is 13.0 Å². The maximum absolute atomic E-state index is 11.3. The first-order valence-corrected chi connectivity index (χ1v) is 4.87. The topological polar surface area (TPSA) is 37.3 Å². The number of hydrogen-bond donors (Lipinski definition) is 1. The molecular formula is C9H8BrClO2. The number of halogens is 2. The van der Waals surface area contributed by atoms with E-state index in [2.05, 4.69) is 15.9 Å². The Morgan fingerprint density at radius 3 is 2.69 bits per heavy atom. The SMILES string of the molecule is C[C@H](O)C(=O)c1ccc(Cl)c(Br)c1. The number of benzene rings is 1. The van der Waals surface area contributed by atoms with Crippen molar-refractivity contribution in [1.29, 1.82) is 0 Å². The molecule has 1 aromatic rings. The molecule has 4 heteroatoms. The maximum Gasteiger partial charge on any atom is 0.191 e. The Balaban J connectivity index is 3.04. The molecule has 2 nitrogen and oxygen atoms in total. The van der Waals surface area contributed by atoms with Crippen molar-refractivity contribution >= 4 is 33.3 Å². The molecule has 0 heterocycles. The summed E-state index contributed by atoms with van der Waals surface area (Å²) in [7, 11) is 0. The molecule has 0 bridgehead atoms. The minimum atomic E-state index is -0.979. The molecule has 1 aromatic carbocycles. The Kier molecular flexibility index (Phi) is 3.47. The lowest BCUT2D eigenvalue weighted by molar-refractivity contribution is 0.0779. The lowest BCUT2D eigenvalue weighted by Gasteiger charge is -2.04. The first-order valence-electron chi connectivity index (χ1n) is 3.69. The Morgan fingerprint density at radius 2 is 2.23 bits per heavy atom. The van der Waals surface area contributed by atoms with Gasteiger partial charge in [0.15, 0.2) is 5.78 Å². The molecule has 0 unspecified atom stereocenters. The highest BCUT2D eigenvalue weighted by atomic mass is 79.9. The number of aliphatic hydroxyl groups excluding tert-OH is 1. The van der Waals surface area contributed by atoms with E-state index < -0.39 is 6.10 Å². The van der Waals surface area contributed by atoms with Gasteiger partial charge in [-0.3, -0.25) is 4.79 Å². The third-order valence-electron chi connectivity index (χ3n) is 1.58. The first-order chi connectivity index (χ1) is 6.02. The molecule has 13 heavy (non-hydrogen) atoms. The standard InChI is InChI=1S/C9H8BrClO2/c1-5(12)9(13)6-2-3-8(11)7(10)4-6/h2-5,12H,1H3/t5-/m0/s1. The first kappa shape index (κ1) is 10.7. The van der Waals surface area contributed by atoms with Crippen molar-refractivity contribution in [1.82, 2.24) is 0 Å². The molecule has 0 radical (unpaired) electrons.